The number of nitrogens with one attached hydrogen (secondary N) is 1. The van der Waals surface area contributed by atoms with E-state index in [4.69, 9.17) is 4.74 Å². The van der Waals surface area contributed by atoms with Crippen molar-refractivity contribution >= 4 is 28.3 Å². The van der Waals surface area contributed by atoms with Crippen LogP contribution in [0.25, 0.3) is 0 Å². The van der Waals surface area contributed by atoms with Crippen LogP contribution in [0.5, 0.6) is 0 Å². The second-order valence-corrected chi connectivity index (χ2v) is 5.78. The molecule has 1 atom stereocenters. The van der Waals surface area contributed by atoms with E-state index in [1.807, 2.05) is 37.3 Å². The van der Waals surface area contributed by atoms with E-state index in [0.29, 0.717) is 22.1 Å². The zero-order chi connectivity index (χ0) is 16.1. The fraction of sp³-hybridized carbons (Fsp3) is 0.312. The van der Waals surface area contributed by atoms with Gasteiger partial charge >= 0.3 is 5.97 Å². The van der Waals surface area contributed by atoms with Crippen molar-refractivity contribution < 1.29 is 14.3 Å². The largest absolute Gasteiger partial charge is 0.465 e. The minimum Gasteiger partial charge on any atom is -0.465 e. The van der Waals surface area contributed by atoms with Crippen molar-refractivity contribution in [3.63, 3.8) is 0 Å². The van der Waals surface area contributed by atoms with Crippen LogP contribution in [0.15, 0.2) is 30.3 Å². The third-order valence-electron chi connectivity index (χ3n) is 3.32. The molecule has 0 saturated heterocycles. The molecule has 6 heteroatoms. The highest BCUT2D eigenvalue weighted by Gasteiger charge is 2.21. The number of aryl methyl sites for hydroxylation is 1. The molecule has 0 spiro atoms. The third-order valence-corrected chi connectivity index (χ3v) is 4.38. The van der Waals surface area contributed by atoms with Gasteiger partial charge in [0.2, 0.25) is 5.91 Å². The first-order chi connectivity index (χ1) is 10.6. The Balaban J connectivity index is 2.16. The van der Waals surface area contributed by atoms with Crippen molar-refractivity contribution in [1.29, 1.82) is 0 Å². The number of thiazole rings is 1. The molecule has 0 aliphatic carbocycles. The lowest BCUT2D eigenvalue weighted by Gasteiger charge is -2.13. The van der Waals surface area contributed by atoms with Gasteiger partial charge < -0.3 is 10.1 Å². The van der Waals surface area contributed by atoms with Gasteiger partial charge in [0.05, 0.1) is 18.7 Å². The smallest absolute Gasteiger partial charge is 0.350 e. The van der Waals surface area contributed by atoms with E-state index in [0.717, 1.165) is 16.9 Å². The molecule has 22 heavy (non-hydrogen) atoms. The highest BCUT2D eigenvalue weighted by atomic mass is 32.1. The van der Waals surface area contributed by atoms with Crippen molar-refractivity contribution in [3.8, 4) is 0 Å². The van der Waals surface area contributed by atoms with E-state index < -0.39 is 5.97 Å². The van der Waals surface area contributed by atoms with E-state index in [1.54, 1.807) is 6.92 Å². The Hall–Kier alpha value is -2.21. The van der Waals surface area contributed by atoms with Crippen LogP contribution in [0, 0.1) is 6.92 Å². The predicted octanol–water partition coefficient (Wildman–Crippen LogP) is 3.37. The van der Waals surface area contributed by atoms with Crippen LogP contribution in [-0.4, -0.2) is 24.0 Å². The lowest BCUT2D eigenvalue weighted by Crippen LogP contribution is -2.20. The van der Waals surface area contributed by atoms with Crippen LogP contribution in [-0.2, 0) is 9.53 Å². The van der Waals surface area contributed by atoms with Crippen LogP contribution in [0.4, 0.5) is 5.13 Å². The molecule has 0 radical (unpaired) electrons. The maximum absolute atomic E-state index is 12.4. The molecule has 0 aliphatic rings. The predicted molar refractivity (Wildman–Crippen MR) is 86.3 cm³/mol. The molecule has 0 aliphatic heterocycles. The number of amides is 1. The van der Waals surface area contributed by atoms with E-state index in [1.165, 1.54) is 7.11 Å². The van der Waals surface area contributed by atoms with Gasteiger partial charge in [-0.15, -0.1) is 0 Å². The maximum Gasteiger partial charge on any atom is 0.350 e. The second kappa shape index (κ2) is 7.17. The second-order valence-electron chi connectivity index (χ2n) is 4.79. The molecule has 0 unspecified atom stereocenters. The number of nitrogens with zero attached hydrogens (tertiary/aromatic N) is 1. The summed E-state index contributed by atoms with van der Waals surface area (Å²) in [5.74, 6) is -0.809. The standard InChI is InChI=1S/C16H18N2O3S/c1-4-12(11-8-6-5-7-9-11)14(19)18-16-17-10(2)13(22-16)15(20)21-3/h5-9,12H,4H2,1-3H3,(H,17,18,19)/t12-/m0/s1. The number of hydrogen-bond acceptors (Lipinski definition) is 5. The molecule has 2 rings (SSSR count). The monoisotopic (exact) mass is 318 g/mol. The van der Waals surface area contributed by atoms with E-state index in [9.17, 15) is 9.59 Å². The highest BCUT2D eigenvalue weighted by molar-refractivity contribution is 7.17. The number of rotatable bonds is 5. The van der Waals surface area contributed by atoms with E-state index >= 15 is 0 Å². The summed E-state index contributed by atoms with van der Waals surface area (Å²) >= 11 is 1.13. The Kier molecular flexibility index (Phi) is 5.27. The fourth-order valence-corrected chi connectivity index (χ4v) is 3.07. The summed E-state index contributed by atoms with van der Waals surface area (Å²) in [4.78, 5) is 28.6. The lowest BCUT2D eigenvalue weighted by molar-refractivity contribution is -0.117. The van der Waals surface area contributed by atoms with Crippen molar-refractivity contribution in [2.24, 2.45) is 0 Å². The summed E-state index contributed by atoms with van der Waals surface area (Å²) in [6, 6.07) is 9.60. The lowest BCUT2D eigenvalue weighted by atomic mass is 9.96. The number of carbonyl (C=O) groups excluding carboxylic acids is 2. The van der Waals surface area contributed by atoms with Gasteiger partial charge in [-0.2, -0.15) is 0 Å². The van der Waals surface area contributed by atoms with Crippen LogP contribution >= 0.6 is 11.3 Å². The number of benzene rings is 1. The van der Waals surface area contributed by atoms with Gasteiger partial charge in [-0.1, -0.05) is 48.6 Å². The Morgan fingerprint density at radius 2 is 2.00 bits per heavy atom. The van der Waals surface area contributed by atoms with Crippen LogP contribution < -0.4 is 5.32 Å². The van der Waals surface area contributed by atoms with Gasteiger partial charge in [-0.25, -0.2) is 9.78 Å². The van der Waals surface area contributed by atoms with Gasteiger partial charge in [0.25, 0.3) is 0 Å². The number of ether oxygens (including phenoxy) is 1. The molecule has 1 heterocycles. The molecular weight excluding hydrogens is 300 g/mol. The van der Waals surface area contributed by atoms with E-state index in [-0.39, 0.29) is 11.8 Å². The molecule has 5 nitrogen and oxygen atoms in total. The zero-order valence-electron chi connectivity index (χ0n) is 12.8. The summed E-state index contributed by atoms with van der Waals surface area (Å²) in [6.45, 7) is 3.68. The normalized spacial score (nSPS) is 11.8. The number of hydrogen-bond donors (Lipinski definition) is 1. The topological polar surface area (TPSA) is 68.3 Å². The molecule has 2 aromatic rings. The summed E-state index contributed by atoms with van der Waals surface area (Å²) in [6.07, 6.45) is 0.685. The number of methoxy groups -OCH3 is 1. The summed E-state index contributed by atoms with van der Waals surface area (Å²) in [5, 5.41) is 3.21. The van der Waals surface area contributed by atoms with Crippen LogP contribution in [0.2, 0.25) is 0 Å². The Labute approximate surface area is 133 Å². The van der Waals surface area contributed by atoms with Gasteiger partial charge in [0, 0.05) is 0 Å². The SMILES string of the molecule is CC[C@H](C(=O)Nc1nc(C)c(C(=O)OC)s1)c1ccccc1. The number of aromatic nitrogens is 1. The third kappa shape index (κ3) is 3.51. The summed E-state index contributed by atoms with van der Waals surface area (Å²) < 4.78 is 4.69. The molecule has 0 saturated carbocycles. The van der Waals surface area contributed by atoms with Crippen molar-refractivity contribution in [2.75, 3.05) is 12.4 Å². The molecular formula is C16H18N2O3S. The molecule has 1 aromatic carbocycles. The zero-order valence-corrected chi connectivity index (χ0v) is 13.6. The van der Waals surface area contributed by atoms with Gasteiger partial charge in [0.15, 0.2) is 5.13 Å². The minimum atomic E-state index is -0.439. The van der Waals surface area contributed by atoms with E-state index in [2.05, 4.69) is 10.3 Å². The molecule has 0 bridgehead atoms. The minimum absolute atomic E-state index is 0.126. The van der Waals surface area contributed by atoms with Crippen LogP contribution in [0.3, 0.4) is 0 Å². The average Bonchev–Trinajstić information content (AvgIpc) is 2.88. The molecule has 1 amide bonds. The fourth-order valence-electron chi connectivity index (χ4n) is 2.18. The van der Waals surface area contributed by atoms with Gasteiger partial charge in [-0.05, 0) is 18.9 Å². The first-order valence-electron chi connectivity index (χ1n) is 6.98. The number of esters is 1. The molecule has 0 fully saturated rings. The highest BCUT2D eigenvalue weighted by Crippen LogP contribution is 2.26. The van der Waals surface area contributed by atoms with Crippen molar-refractivity contribution in [1.82, 2.24) is 4.98 Å². The molecule has 1 N–H and O–H groups in total. The molecule has 116 valence electrons. The van der Waals surface area contributed by atoms with Gasteiger partial charge in [-0.3, -0.25) is 4.79 Å². The van der Waals surface area contributed by atoms with Gasteiger partial charge in [0.1, 0.15) is 4.88 Å². The Morgan fingerprint density at radius 1 is 1.32 bits per heavy atom. The first-order valence-corrected chi connectivity index (χ1v) is 7.80. The first kappa shape index (κ1) is 16.2. The Bertz CT molecular complexity index is 667. The van der Waals surface area contributed by atoms with Crippen molar-refractivity contribution in [2.45, 2.75) is 26.2 Å². The van der Waals surface area contributed by atoms with Crippen LogP contribution in [0.1, 0.15) is 40.2 Å². The summed E-state index contributed by atoms with van der Waals surface area (Å²) in [7, 11) is 1.32. The van der Waals surface area contributed by atoms with Crippen molar-refractivity contribution in [3.05, 3.63) is 46.5 Å². The average molecular weight is 318 g/mol. The maximum atomic E-state index is 12.4. The number of carbonyl (C=O) groups is 2. The number of anilines is 1. The summed E-state index contributed by atoms with van der Waals surface area (Å²) in [5.41, 5.74) is 1.52. The molecule has 1 aromatic heterocycles. The Morgan fingerprint density at radius 3 is 2.59 bits per heavy atom. The quantitative estimate of drug-likeness (QED) is 0.858.